The minimum Gasteiger partial charge on any atom is -0.469 e. The lowest BCUT2D eigenvalue weighted by Gasteiger charge is -2.38. The largest absolute Gasteiger partial charge is 0.469 e. The summed E-state index contributed by atoms with van der Waals surface area (Å²) in [6, 6.07) is 8.51. The Labute approximate surface area is 187 Å². The Bertz CT molecular complexity index is 948. The van der Waals surface area contributed by atoms with Crippen LogP contribution in [0.5, 0.6) is 0 Å². The fourth-order valence-electron chi connectivity index (χ4n) is 4.43. The van der Waals surface area contributed by atoms with Crippen LogP contribution in [-0.4, -0.2) is 57.0 Å². The van der Waals surface area contributed by atoms with Gasteiger partial charge in [0.15, 0.2) is 11.0 Å². The Morgan fingerprint density at radius 2 is 1.84 bits per heavy atom. The summed E-state index contributed by atoms with van der Waals surface area (Å²) in [6.45, 7) is 7.84. The molecule has 0 aliphatic carbocycles. The van der Waals surface area contributed by atoms with Crippen molar-refractivity contribution < 1.29 is 14.3 Å². The Hall–Kier alpha value is -2.19. The number of carbonyl (C=O) groups is 2. The van der Waals surface area contributed by atoms with Crippen molar-refractivity contribution in [3.63, 3.8) is 0 Å². The van der Waals surface area contributed by atoms with Gasteiger partial charge in [0.1, 0.15) is 5.25 Å². The first kappa shape index (κ1) is 22.0. The zero-order valence-corrected chi connectivity index (χ0v) is 19.4. The van der Waals surface area contributed by atoms with Gasteiger partial charge in [-0.25, -0.2) is 4.98 Å². The summed E-state index contributed by atoms with van der Waals surface area (Å²) in [7, 11) is 1.45. The van der Waals surface area contributed by atoms with Crippen LogP contribution in [0.2, 0.25) is 0 Å². The molecule has 0 bridgehead atoms. The summed E-state index contributed by atoms with van der Waals surface area (Å²) in [5.74, 6) is 0.931. The first-order chi connectivity index (χ1) is 14.9. The molecule has 1 saturated heterocycles. The zero-order chi connectivity index (χ0) is 22.1. The van der Waals surface area contributed by atoms with Crippen molar-refractivity contribution in [1.82, 2.24) is 19.7 Å². The van der Waals surface area contributed by atoms with Gasteiger partial charge in [-0.3, -0.25) is 14.5 Å². The zero-order valence-electron chi connectivity index (χ0n) is 18.6. The van der Waals surface area contributed by atoms with E-state index in [9.17, 15) is 9.59 Å². The van der Waals surface area contributed by atoms with E-state index in [4.69, 9.17) is 4.74 Å². The summed E-state index contributed by atoms with van der Waals surface area (Å²) in [4.78, 5) is 32.2. The fraction of sp³-hybridized carbons (Fsp3) is 0.565. The van der Waals surface area contributed by atoms with Crippen molar-refractivity contribution in [2.75, 3.05) is 20.2 Å². The third kappa shape index (κ3) is 4.28. The van der Waals surface area contributed by atoms with Crippen molar-refractivity contribution in [1.29, 1.82) is 0 Å². The molecule has 7 nitrogen and oxygen atoms in total. The lowest BCUT2D eigenvalue weighted by molar-refractivity contribution is -0.147. The van der Waals surface area contributed by atoms with E-state index < -0.39 is 0 Å². The Balaban J connectivity index is 1.61. The van der Waals surface area contributed by atoms with Gasteiger partial charge in [0.2, 0.25) is 0 Å². The highest BCUT2D eigenvalue weighted by atomic mass is 32.2. The van der Waals surface area contributed by atoms with Crippen LogP contribution >= 0.6 is 11.8 Å². The summed E-state index contributed by atoms with van der Waals surface area (Å²) in [5.41, 5.74) is 2.40. The van der Waals surface area contributed by atoms with Gasteiger partial charge in [0, 0.05) is 6.42 Å². The van der Waals surface area contributed by atoms with Crippen LogP contribution in [0.25, 0.3) is 0 Å². The maximum atomic E-state index is 13.3. The number of aryl methyl sites for hydroxylation is 1. The maximum absolute atomic E-state index is 13.3. The summed E-state index contributed by atoms with van der Waals surface area (Å²) in [6.07, 6.45) is 2.18. The van der Waals surface area contributed by atoms with Crippen LogP contribution in [0.15, 0.2) is 29.4 Å². The molecule has 166 valence electrons. The van der Waals surface area contributed by atoms with Crippen molar-refractivity contribution in [3.05, 3.63) is 41.2 Å². The molecule has 2 aliphatic heterocycles. The van der Waals surface area contributed by atoms with Gasteiger partial charge in [0.25, 0.3) is 5.91 Å². The first-order valence-electron chi connectivity index (χ1n) is 11.0. The number of hydrogen-bond donors (Lipinski definition) is 0. The first-order valence-corrected chi connectivity index (χ1v) is 11.9. The second-order valence-electron chi connectivity index (χ2n) is 8.55. The fourth-order valence-corrected chi connectivity index (χ4v) is 5.70. The Morgan fingerprint density at radius 1 is 1.19 bits per heavy atom. The molecule has 0 radical (unpaired) electrons. The number of ether oxygens (including phenoxy) is 1. The third-order valence-corrected chi connectivity index (χ3v) is 7.50. The van der Waals surface area contributed by atoms with E-state index in [2.05, 4.69) is 53.1 Å². The minimum atomic E-state index is -0.305. The van der Waals surface area contributed by atoms with E-state index in [-0.39, 0.29) is 29.1 Å². The number of likely N-dealkylation sites (tertiary alicyclic amines) is 1. The highest BCUT2D eigenvalue weighted by molar-refractivity contribution is 8.00. The average molecular weight is 443 g/mol. The molecule has 3 heterocycles. The van der Waals surface area contributed by atoms with Crippen LogP contribution in [0.4, 0.5) is 0 Å². The smallest absolute Gasteiger partial charge is 0.308 e. The SMILES string of the molecule is CCc1nc2n(n1)C(=O)C(C(c1ccc(C(C)C)cc1)N1CCC(C(=O)OC)CC1)S2. The standard InChI is InChI=1S/C23H30N4O3S/c1-5-18-24-23-27(25-18)21(28)20(31-23)19(16-8-6-15(7-9-16)14(2)3)26-12-10-17(11-13-26)22(29)30-4/h6-9,14,17,19-20H,5,10-13H2,1-4H3. The molecule has 31 heavy (non-hydrogen) atoms. The topological polar surface area (TPSA) is 77.3 Å². The lowest BCUT2D eigenvalue weighted by Crippen LogP contribution is -2.44. The quantitative estimate of drug-likeness (QED) is 0.631. The molecule has 1 aromatic heterocycles. The molecule has 1 fully saturated rings. The van der Waals surface area contributed by atoms with Crippen LogP contribution < -0.4 is 0 Å². The molecule has 0 spiro atoms. The van der Waals surface area contributed by atoms with Gasteiger partial charge in [-0.1, -0.05) is 56.8 Å². The average Bonchev–Trinajstić information content (AvgIpc) is 3.33. The van der Waals surface area contributed by atoms with E-state index in [0.717, 1.165) is 31.5 Å². The van der Waals surface area contributed by atoms with E-state index in [1.54, 1.807) is 0 Å². The number of esters is 1. The molecule has 4 rings (SSSR count). The molecule has 0 amide bonds. The van der Waals surface area contributed by atoms with Crippen LogP contribution in [0.1, 0.15) is 67.3 Å². The van der Waals surface area contributed by atoms with Crippen LogP contribution in [-0.2, 0) is 16.0 Å². The van der Waals surface area contributed by atoms with E-state index in [0.29, 0.717) is 23.3 Å². The lowest BCUT2D eigenvalue weighted by atomic mass is 9.92. The number of carbonyl (C=O) groups excluding carboxylic acids is 2. The number of methoxy groups -OCH3 is 1. The normalized spacial score (nSPS) is 20.8. The number of rotatable bonds is 6. The maximum Gasteiger partial charge on any atom is 0.308 e. The van der Waals surface area contributed by atoms with Crippen molar-refractivity contribution in [3.8, 4) is 0 Å². The minimum absolute atomic E-state index is 0.0137. The summed E-state index contributed by atoms with van der Waals surface area (Å²) in [5, 5.41) is 4.78. The molecule has 2 atom stereocenters. The molecule has 2 unspecified atom stereocenters. The highest BCUT2D eigenvalue weighted by Gasteiger charge is 2.44. The number of fused-ring (bicyclic) bond motifs is 1. The number of aromatic nitrogens is 3. The number of hydrogen-bond acceptors (Lipinski definition) is 7. The van der Waals surface area contributed by atoms with Gasteiger partial charge in [-0.15, -0.1) is 5.10 Å². The monoisotopic (exact) mass is 442 g/mol. The molecule has 2 aromatic rings. The van der Waals surface area contributed by atoms with E-state index >= 15 is 0 Å². The number of benzene rings is 1. The van der Waals surface area contributed by atoms with Crippen LogP contribution in [0.3, 0.4) is 0 Å². The van der Waals surface area contributed by atoms with Gasteiger partial charge in [-0.2, -0.15) is 4.68 Å². The van der Waals surface area contributed by atoms with Gasteiger partial charge in [0.05, 0.1) is 19.1 Å². The second kappa shape index (κ2) is 9.12. The molecule has 1 aromatic carbocycles. The van der Waals surface area contributed by atoms with Gasteiger partial charge in [-0.05, 0) is 43.0 Å². The molecule has 0 N–H and O–H groups in total. The highest BCUT2D eigenvalue weighted by Crippen LogP contribution is 2.42. The van der Waals surface area contributed by atoms with Crippen LogP contribution in [0, 0.1) is 5.92 Å². The second-order valence-corrected chi connectivity index (χ2v) is 9.66. The molecule has 2 aliphatic rings. The van der Waals surface area contributed by atoms with Crippen molar-refractivity contribution in [2.24, 2.45) is 5.92 Å². The Kier molecular flexibility index (Phi) is 6.48. The predicted octanol–water partition coefficient (Wildman–Crippen LogP) is 3.70. The molecular weight excluding hydrogens is 412 g/mol. The van der Waals surface area contributed by atoms with E-state index in [1.165, 1.54) is 29.1 Å². The molecular formula is C23H30N4O3S. The third-order valence-electron chi connectivity index (χ3n) is 6.31. The Morgan fingerprint density at radius 3 is 2.39 bits per heavy atom. The van der Waals surface area contributed by atoms with Crippen molar-refractivity contribution >= 4 is 23.6 Å². The van der Waals surface area contributed by atoms with Crippen molar-refractivity contribution in [2.45, 2.75) is 62.4 Å². The number of piperidine rings is 1. The molecule has 8 heteroatoms. The van der Waals surface area contributed by atoms with E-state index in [1.807, 2.05) is 6.92 Å². The number of nitrogens with zero attached hydrogens (tertiary/aromatic N) is 4. The number of thioether (sulfide) groups is 1. The summed E-state index contributed by atoms with van der Waals surface area (Å²) >= 11 is 1.51. The van der Waals surface area contributed by atoms with Gasteiger partial charge < -0.3 is 4.74 Å². The molecule has 0 saturated carbocycles. The summed E-state index contributed by atoms with van der Waals surface area (Å²) < 4.78 is 6.42. The predicted molar refractivity (Wildman–Crippen MR) is 119 cm³/mol. The van der Waals surface area contributed by atoms with Gasteiger partial charge >= 0.3 is 5.97 Å².